The number of nitrogens with zero attached hydrogens (tertiary/aromatic N) is 3. The predicted octanol–water partition coefficient (Wildman–Crippen LogP) is 2.19. The van der Waals surface area contributed by atoms with Gasteiger partial charge in [-0.15, -0.1) is 0 Å². The second-order valence-electron chi connectivity index (χ2n) is 3.47. The molecule has 0 aliphatic heterocycles. The third-order valence-corrected chi connectivity index (χ3v) is 2.34. The minimum absolute atomic E-state index is 0.0263. The van der Waals surface area contributed by atoms with Crippen LogP contribution < -0.4 is 10.6 Å². The Bertz CT molecular complexity index is 588. The number of hydrogen-bond donors (Lipinski definition) is 2. The highest BCUT2D eigenvalue weighted by Crippen LogP contribution is 2.15. The molecule has 0 aliphatic carbocycles. The number of aromatic nitrogens is 2. The van der Waals surface area contributed by atoms with Crippen molar-refractivity contribution in [1.29, 1.82) is 0 Å². The van der Waals surface area contributed by atoms with Gasteiger partial charge >= 0.3 is 0 Å². The minimum atomic E-state index is -0.458. The van der Waals surface area contributed by atoms with Gasteiger partial charge in [0.25, 0.3) is 5.69 Å². The van der Waals surface area contributed by atoms with Crippen LogP contribution in [-0.4, -0.2) is 20.0 Å². The molecule has 0 atom stereocenters. The molecule has 1 heterocycles. The first-order chi connectivity index (χ1) is 9.15. The van der Waals surface area contributed by atoms with E-state index < -0.39 is 4.92 Å². The number of nitro groups is 1. The van der Waals surface area contributed by atoms with Crippen LogP contribution in [0.4, 0.5) is 17.2 Å². The third kappa shape index (κ3) is 3.68. The number of nitrogens with one attached hydrogen (secondary N) is 2. The zero-order chi connectivity index (χ0) is 13.7. The van der Waals surface area contributed by atoms with Crippen LogP contribution in [0.25, 0.3) is 0 Å². The second-order valence-corrected chi connectivity index (χ2v) is 3.88. The lowest BCUT2D eigenvalue weighted by molar-refractivity contribution is -0.384. The van der Waals surface area contributed by atoms with Crippen LogP contribution in [-0.2, 0) is 0 Å². The molecule has 1 aromatic heterocycles. The predicted molar refractivity (Wildman–Crippen MR) is 75.0 cm³/mol. The molecule has 0 amide bonds. The monoisotopic (exact) mass is 275 g/mol. The number of anilines is 2. The molecule has 0 fully saturated rings. The molecule has 0 saturated heterocycles. The van der Waals surface area contributed by atoms with E-state index in [1.165, 1.54) is 24.5 Å². The van der Waals surface area contributed by atoms with E-state index in [2.05, 4.69) is 20.6 Å². The maximum absolute atomic E-state index is 10.5. The van der Waals surface area contributed by atoms with Crippen molar-refractivity contribution in [1.82, 2.24) is 9.97 Å². The summed E-state index contributed by atoms with van der Waals surface area (Å²) in [6, 6.07) is 5.94. The Morgan fingerprint density at radius 3 is 2.53 bits per heavy atom. The van der Waals surface area contributed by atoms with Crippen molar-refractivity contribution in [3.05, 3.63) is 53.0 Å². The average Bonchev–Trinajstić information content (AvgIpc) is 2.40. The first kappa shape index (κ1) is 12.8. The Kier molecular flexibility index (Phi) is 3.94. The number of rotatable bonds is 3. The largest absolute Gasteiger partial charge is 0.332 e. The van der Waals surface area contributed by atoms with Gasteiger partial charge < -0.3 is 10.6 Å². The molecule has 0 spiro atoms. The van der Waals surface area contributed by atoms with E-state index in [9.17, 15) is 10.1 Å². The van der Waals surface area contributed by atoms with Gasteiger partial charge in [-0.2, -0.15) is 0 Å². The summed E-state index contributed by atoms with van der Waals surface area (Å²) in [5.74, 6) is 0.516. The molecule has 0 aliphatic rings. The zero-order valence-electron chi connectivity index (χ0n) is 9.61. The van der Waals surface area contributed by atoms with Gasteiger partial charge in [-0.3, -0.25) is 15.1 Å². The van der Waals surface area contributed by atoms with Crippen molar-refractivity contribution in [3.8, 4) is 0 Å². The first-order valence-corrected chi connectivity index (χ1v) is 5.64. The maximum Gasteiger partial charge on any atom is 0.269 e. The highest BCUT2D eigenvalue weighted by atomic mass is 32.1. The van der Waals surface area contributed by atoms with Crippen LogP contribution in [0.2, 0.25) is 0 Å². The van der Waals surface area contributed by atoms with Crippen LogP contribution in [0, 0.1) is 10.1 Å². The van der Waals surface area contributed by atoms with E-state index in [1.54, 1.807) is 18.3 Å². The fourth-order valence-corrected chi connectivity index (χ4v) is 1.53. The van der Waals surface area contributed by atoms with Gasteiger partial charge in [0.1, 0.15) is 0 Å². The summed E-state index contributed by atoms with van der Waals surface area (Å²) in [7, 11) is 0. The minimum Gasteiger partial charge on any atom is -0.332 e. The quantitative estimate of drug-likeness (QED) is 0.504. The molecule has 0 saturated carbocycles. The molecule has 0 bridgehead atoms. The molecule has 96 valence electrons. The van der Waals surface area contributed by atoms with Gasteiger partial charge in [0.2, 0.25) is 0 Å². The molecule has 8 heteroatoms. The number of non-ortho nitro benzene ring substituents is 1. The Morgan fingerprint density at radius 2 is 1.95 bits per heavy atom. The Labute approximate surface area is 113 Å². The standard InChI is InChI=1S/C11H9N5O2S/c17-16(18)9-3-1-8(2-4-9)14-11(19)15-10-7-12-5-6-13-10/h1-7H,(H2,13,14,15,19). The summed E-state index contributed by atoms with van der Waals surface area (Å²) in [6.45, 7) is 0. The summed E-state index contributed by atoms with van der Waals surface area (Å²) in [4.78, 5) is 17.9. The van der Waals surface area contributed by atoms with Crippen LogP contribution >= 0.6 is 12.2 Å². The normalized spacial score (nSPS) is 9.68. The molecular formula is C11H9N5O2S. The first-order valence-electron chi connectivity index (χ1n) is 5.23. The number of thiocarbonyl (C=S) groups is 1. The fourth-order valence-electron chi connectivity index (χ4n) is 1.31. The third-order valence-electron chi connectivity index (χ3n) is 2.14. The van der Waals surface area contributed by atoms with Crippen molar-refractivity contribution in [2.75, 3.05) is 10.6 Å². The van der Waals surface area contributed by atoms with E-state index in [1.807, 2.05) is 0 Å². The Morgan fingerprint density at radius 1 is 1.21 bits per heavy atom. The van der Waals surface area contributed by atoms with Crippen LogP contribution in [0.3, 0.4) is 0 Å². The van der Waals surface area contributed by atoms with Crippen LogP contribution in [0.5, 0.6) is 0 Å². The number of benzene rings is 1. The van der Waals surface area contributed by atoms with E-state index in [0.29, 0.717) is 16.6 Å². The lowest BCUT2D eigenvalue weighted by Gasteiger charge is -2.08. The summed E-state index contributed by atoms with van der Waals surface area (Å²) in [6.07, 6.45) is 4.62. The van der Waals surface area contributed by atoms with Gasteiger partial charge in [-0.25, -0.2) is 4.98 Å². The van der Waals surface area contributed by atoms with Gasteiger partial charge in [-0.05, 0) is 24.4 Å². The van der Waals surface area contributed by atoms with Gasteiger partial charge in [0, 0.05) is 30.2 Å². The molecule has 1 aromatic carbocycles. The number of hydrogen-bond acceptors (Lipinski definition) is 5. The lowest BCUT2D eigenvalue weighted by Crippen LogP contribution is -2.19. The second kappa shape index (κ2) is 5.83. The highest BCUT2D eigenvalue weighted by molar-refractivity contribution is 7.80. The van der Waals surface area contributed by atoms with Crippen molar-refractivity contribution in [3.63, 3.8) is 0 Å². The number of nitro benzene ring substituents is 1. The molecular weight excluding hydrogens is 266 g/mol. The average molecular weight is 275 g/mol. The van der Waals surface area contributed by atoms with Crippen molar-refractivity contribution >= 4 is 34.5 Å². The maximum atomic E-state index is 10.5. The molecule has 2 N–H and O–H groups in total. The van der Waals surface area contributed by atoms with Gasteiger partial charge in [0.15, 0.2) is 10.9 Å². The van der Waals surface area contributed by atoms with E-state index >= 15 is 0 Å². The summed E-state index contributed by atoms with van der Waals surface area (Å²) >= 11 is 5.08. The van der Waals surface area contributed by atoms with E-state index in [0.717, 1.165) is 0 Å². The van der Waals surface area contributed by atoms with Crippen LogP contribution in [0.15, 0.2) is 42.9 Å². The molecule has 0 radical (unpaired) electrons. The van der Waals surface area contributed by atoms with E-state index in [4.69, 9.17) is 12.2 Å². The zero-order valence-corrected chi connectivity index (χ0v) is 10.4. The molecule has 0 unspecified atom stereocenters. The van der Waals surface area contributed by atoms with Crippen LogP contribution in [0.1, 0.15) is 0 Å². The topological polar surface area (TPSA) is 93.0 Å². The smallest absolute Gasteiger partial charge is 0.269 e. The Balaban J connectivity index is 1.97. The summed E-state index contributed by atoms with van der Waals surface area (Å²) in [5.41, 5.74) is 0.672. The molecule has 19 heavy (non-hydrogen) atoms. The molecule has 2 rings (SSSR count). The van der Waals surface area contributed by atoms with Gasteiger partial charge in [-0.1, -0.05) is 0 Å². The molecule has 7 nitrogen and oxygen atoms in total. The summed E-state index contributed by atoms with van der Waals surface area (Å²) in [5, 5.41) is 16.6. The summed E-state index contributed by atoms with van der Waals surface area (Å²) < 4.78 is 0. The lowest BCUT2D eigenvalue weighted by atomic mass is 10.3. The fraction of sp³-hybridized carbons (Fsp3) is 0. The Hall–Kier alpha value is -2.61. The molecule has 2 aromatic rings. The van der Waals surface area contributed by atoms with Crippen molar-refractivity contribution < 1.29 is 4.92 Å². The van der Waals surface area contributed by atoms with Crippen molar-refractivity contribution in [2.24, 2.45) is 0 Å². The SMILES string of the molecule is O=[N+]([O-])c1ccc(NC(=S)Nc2cnccn2)cc1. The van der Waals surface area contributed by atoms with E-state index in [-0.39, 0.29) is 5.69 Å². The highest BCUT2D eigenvalue weighted by Gasteiger charge is 2.05. The van der Waals surface area contributed by atoms with Gasteiger partial charge in [0.05, 0.1) is 11.1 Å². The van der Waals surface area contributed by atoms with Crippen molar-refractivity contribution in [2.45, 2.75) is 0 Å².